The second-order valence-corrected chi connectivity index (χ2v) is 5.69. The summed E-state index contributed by atoms with van der Waals surface area (Å²) in [6.07, 6.45) is 1.29. The normalized spacial score (nSPS) is 10.2. The molecule has 132 valence electrons. The van der Waals surface area contributed by atoms with Gasteiger partial charge in [0.1, 0.15) is 5.75 Å². The van der Waals surface area contributed by atoms with E-state index in [0.29, 0.717) is 26.9 Å². The molecule has 0 radical (unpaired) electrons. The molecule has 0 aliphatic heterocycles. The summed E-state index contributed by atoms with van der Waals surface area (Å²) in [5, 5.41) is 14.6. The third-order valence-electron chi connectivity index (χ3n) is 3.33. The average Bonchev–Trinajstić information content (AvgIpc) is 2.64. The number of ether oxygens (including phenoxy) is 2. The van der Waals surface area contributed by atoms with Crippen LogP contribution in [0.25, 0.3) is 0 Å². The minimum atomic E-state index is -0.450. The Hall–Kier alpha value is -3.25. The van der Waals surface area contributed by atoms with Crippen LogP contribution in [0.15, 0.2) is 72.9 Å². The maximum Gasteiger partial charge on any atom is 0.379 e. The maximum absolute atomic E-state index is 12.2. The van der Waals surface area contributed by atoms with E-state index in [1.54, 1.807) is 42.5 Å². The van der Waals surface area contributed by atoms with Gasteiger partial charge in [-0.25, -0.2) is 0 Å². The number of nitrogens with one attached hydrogen (secondary N) is 1. The Kier molecular flexibility index (Phi) is 5.56. The van der Waals surface area contributed by atoms with E-state index >= 15 is 0 Å². The Bertz CT molecular complexity index is 903. The summed E-state index contributed by atoms with van der Waals surface area (Å²) < 4.78 is 11.5. The zero-order valence-electron chi connectivity index (χ0n) is 13.6. The molecule has 7 heteroatoms. The van der Waals surface area contributed by atoms with Crippen molar-refractivity contribution < 1.29 is 19.0 Å². The average molecular weight is 371 g/mol. The molecule has 26 heavy (non-hydrogen) atoms. The molecule has 0 aliphatic rings. The van der Waals surface area contributed by atoms with Crippen LogP contribution >= 0.6 is 11.6 Å². The number of hydrogen-bond acceptors (Lipinski definition) is 4. The molecule has 1 aromatic heterocycles. The second-order valence-electron chi connectivity index (χ2n) is 5.26. The fraction of sp³-hybridized carbons (Fsp3) is 0.0526. The van der Waals surface area contributed by atoms with Crippen molar-refractivity contribution in [2.45, 2.75) is 0 Å². The number of hydrogen-bond donors (Lipinski definition) is 1. The van der Waals surface area contributed by atoms with Crippen LogP contribution in [0, 0.1) is 5.21 Å². The summed E-state index contributed by atoms with van der Waals surface area (Å²) in [5.41, 5.74) is 0.401. The van der Waals surface area contributed by atoms with E-state index in [0.717, 1.165) is 0 Å². The number of benzene rings is 2. The van der Waals surface area contributed by atoms with Crippen molar-refractivity contribution in [2.24, 2.45) is 0 Å². The Labute approximate surface area is 155 Å². The van der Waals surface area contributed by atoms with Gasteiger partial charge in [0, 0.05) is 11.1 Å². The molecule has 0 aliphatic carbocycles. The number of rotatable bonds is 6. The number of amides is 1. The van der Waals surface area contributed by atoms with Crippen LogP contribution in [-0.2, 0) is 4.79 Å². The summed E-state index contributed by atoms with van der Waals surface area (Å²) in [4.78, 5) is 12.2. The van der Waals surface area contributed by atoms with Crippen molar-refractivity contribution >= 4 is 23.2 Å². The zero-order chi connectivity index (χ0) is 18.4. The van der Waals surface area contributed by atoms with Crippen molar-refractivity contribution in [3.8, 4) is 17.4 Å². The minimum Gasteiger partial charge on any atom is -0.616 e. The van der Waals surface area contributed by atoms with E-state index in [1.807, 2.05) is 18.2 Å². The maximum atomic E-state index is 12.2. The topological polar surface area (TPSA) is 74.5 Å². The first-order valence-electron chi connectivity index (χ1n) is 7.75. The van der Waals surface area contributed by atoms with E-state index < -0.39 is 5.91 Å². The van der Waals surface area contributed by atoms with Gasteiger partial charge in [0.15, 0.2) is 18.6 Å². The van der Waals surface area contributed by atoms with E-state index in [-0.39, 0.29) is 12.5 Å². The highest BCUT2D eigenvalue weighted by Gasteiger charge is 2.12. The summed E-state index contributed by atoms with van der Waals surface area (Å²) >= 11 is 6.01. The summed E-state index contributed by atoms with van der Waals surface area (Å²) in [6, 6.07) is 18.7. The van der Waals surface area contributed by atoms with Gasteiger partial charge in [0.05, 0.1) is 11.8 Å². The summed E-state index contributed by atoms with van der Waals surface area (Å²) in [7, 11) is 0. The molecule has 0 saturated carbocycles. The lowest BCUT2D eigenvalue weighted by Crippen LogP contribution is -2.30. The van der Waals surface area contributed by atoms with Gasteiger partial charge in [-0.05, 0) is 36.4 Å². The predicted molar refractivity (Wildman–Crippen MR) is 97.5 cm³/mol. The molecule has 6 nitrogen and oxygen atoms in total. The van der Waals surface area contributed by atoms with E-state index in [4.69, 9.17) is 21.1 Å². The largest absolute Gasteiger partial charge is 0.616 e. The van der Waals surface area contributed by atoms with Crippen molar-refractivity contribution in [3.05, 3.63) is 83.2 Å². The number of carbonyl (C=O) groups excluding carboxylic acids is 1. The first-order chi connectivity index (χ1) is 12.6. The van der Waals surface area contributed by atoms with Gasteiger partial charge in [0.25, 0.3) is 5.91 Å². The van der Waals surface area contributed by atoms with Crippen LogP contribution in [0.3, 0.4) is 0 Å². The fourth-order valence-corrected chi connectivity index (χ4v) is 2.33. The molecule has 1 N–H and O–H groups in total. The molecular formula is C19H15ClN2O4. The number of pyridine rings is 1. The lowest BCUT2D eigenvalue weighted by molar-refractivity contribution is -0.612. The number of nitrogens with zero attached hydrogens (tertiary/aromatic N) is 1. The molecule has 2 aromatic carbocycles. The minimum absolute atomic E-state index is 0.0366. The van der Waals surface area contributed by atoms with Crippen molar-refractivity contribution in [1.82, 2.24) is 0 Å². The summed E-state index contributed by atoms with van der Waals surface area (Å²) in [5.74, 6) is 0.648. The van der Waals surface area contributed by atoms with Crippen LogP contribution in [0.2, 0.25) is 5.02 Å². The molecule has 0 atom stereocenters. The van der Waals surface area contributed by atoms with Crippen LogP contribution in [0.1, 0.15) is 0 Å². The van der Waals surface area contributed by atoms with E-state index in [2.05, 4.69) is 5.32 Å². The SMILES string of the molecule is O=C(COc1cccc[n+]1[O-])Nc1cc(Cl)ccc1Oc1ccccc1. The van der Waals surface area contributed by atoms with Crippen LogP contribution in [-0.4, -0.2) is 12.5 Å². The molecule has 0 spiro atoms. The Morgan fingerprint density at radius 1 is 1.08 bits per heavy atom. The van der Waals surface area contributed by atoms with Gasteiger partial charge in [-0.3, -0.25) is 4.79 Å². The lowest BCUT2D eigenvalue weighted by Gasteiger charge is -2.13. The third-order valence-corrected chi connectivity index (χ3v) is 3.56. The Morgan fingerprint density at radius 2 is 1.85 bits per heavy atom. The highest BCUT2D eigenvalue weighted by Crippen LogP contribution is 2.31. The highest BCUT2D eigenvalue weighted by molar-refractivity contribution is 6.31. The number of anilines is 1. The van der Waals surface area contributed by atoms with Gasteiger partial charge in [-0.2, -0.15) is 0 Å². The molecule has 1 heterocycles. The van der Waals surface area contributed by atoms with Gasteiger partial charge < -0.3 is 20.0 Å². The first-order valence-corrected chi connectivity index (χ1v) is 8.13. The predicted octanol–water partition coefficient (Wildman–Crippen LogP) is 3.78. The fourth-order valence-electron chi connectivity index (χ4n) is 2.15. The van der Waals surface area contributed by atoms with Gasteiger partial charge in [-0.1, -0.05) is 29.8 Å². The first kappa shape index (κ1) is 17.6. The number of para-hydroxylation sites is 1. The summed E-state index contributed by atoms with van der Waals surface area (Å²) in [6.45, 7) is -0.330. The molecule has 3 rings (SSSR count). The standard InChI is InChI=1S/C19H15ClN2O4/c20-14-9-10-17(26-15-6-2-1-3-7-15)16(12-14)21-18(23)13-25-19-8-4-5-11-22(19)24/h1-12H,13H2,(H,21,23). The number of halogens is 1. The van der Waals surface area contributed by atoms with Crippen LogP contribution in [0.4, 0.5) is 5.69 Å². The zero-order valence-corrected chi connectivity index (χ0v) is 14.3. The third kappa shape index (κ3) is 4.64. The molecule has 0 bridgehead atoms. The highest BCUT2D eigenvalue weighted by atomic mass is 35.5. The van der Waals surface area contributed by atoms with Crippen molar-refractivity contribution in [1.29, 1.82) is 0 Å². The van der Waals surface area contributed by atoms with Gasteiger partial charge in [0.2, 0.25) is 0 Å². The number of aromatic nitrogens is 1. The lowest BCUT2D eigenvalue weighted by atomic mass is 10.2. The monoisotopic (exact) mass is 370 g/mol. The number of carbonyl (C=O) groups is 1. The van der Waals surface area contributed by atoms with Crippen molar-refractivity contribution in [2.75, 3.05) is 11.9 Å². The van der Waals surface area contributed by atoms with Gasteiger partial charge >= 0.3 is 5.88 Å². The molecule has 3 aromatic rings. The second kappa shape index (κ2) is 8.22. The van der Waals surface area contributed by atoms with Gasteiger partial charge in [-0.15, -0.1) is 4.73 Å². The molecule has 0 fully saturated rings. The molecular weight excluding hydrogens is 356 g/mol. The molecule has 0 saturated heterocycles. The van der Waals surface area contributed by atoms with E-state index in [9.17, 15) is 10.0 Å². The Balaban J connectivity index is 1.69. The van der Waals surface area contributed by atoms with Crippen molar-refractivity contribution in [3.63, 3.8) is 0 Å². The smallest absolute Gasteiger partial charge is 0.379 e. The molecule has 0 unspecified atom stereocenters. The van der Waals surface area contributed by atoms with E-state index in [1.165, 1.54) is 12.3 Å². The van der Waals surface area contributed by atoms with Crippen LogP contribution in [0.5, 0.6) is 17.4 Å². The Morgan fingerprint density at radius 3 is 2.62 bits per heavy atom. The molecule has 1 amide bonds. The quantitative estimate of drug-likeness (QED) is 0.529. The van der Waals surface area contributed by atoms with Crippen LogP contribution < -0.4 is 19.5 Å².